The Morgan fingerprint density at radius 1 is 1.40 bits per heavy atom. The van der Waals surface area contributed by atoms with E-state index in [1.54, 1.807) is 6.07 Å². The number of alkyl halides is 1. The van der Waals surface area contributed by atoms with Gasteiger partial charge < -0.3 is 10.1 Å². The van der Waals surface area contributed by atoms with Gasteiger partial charge in [0.25, 0.3) is 0 Å². The van der Waals surface area contributed by atoms with E-state index in [9.17, 15) is 4.39 Å². The molecule has 0 aromatic carbocycles. The lowest BCUT2D eigenvalue weighted by molar-refractivity contribution is 0.149. The Morgan fingerprint density at radius 2 is 2.27 bits per heavy atom. The molecule has 1 heterocycles. The first-order valence-electron chi connectivity index (χ1n) is 4.82. The predicted octanol–water partition coefficient (Wildman–Crippen LogP) is 2.28. The van der Waals surface area contributed by atoms with Crippen LogP contribution in [0, 0.1) is 5.82 Å². The standard InChI is InChI=1S/C10H14ClFN2O/c11-4-7-15-6-1-5-13-10-3-2-9(12)8-14-10/h2-3,8H,1,4-7H2,(H,13,14). The Kier molecular flexibility index (Phi) is 6.04. The van der Waals surface area contributed by atoms with Crippen LogP contribution in [0.25, 0.3) is 0 Å². The molecular weight excluding hydrogens is 219 g/mol. The monoisotopic (exact) mass is 232 g/mol. The van der Waals surface area contributed by atoms with Crippen molar-refractivity contribution in [2.45, 2.75) is 6.42 Å². The minimum absolute atomic E-state index is 0.328. The normalized spacial score (nSPS) is 10.3. The second-order valence-corrected chi connectivity index (χ2v) is 3.32. The highest BCUT2D eigenvalue weighted by Gasteiger charge is 1.94. The molecule has 0 bridgehead atoms. The van der Waals surface area contributed by atoms with Crippen molar-refractivity contribution in [3.63, 3.8) is 0 Å². The van der Waals surface area contributed by atoms with Crippen LogP contribution in [0.15, 0.2) is 18.3 Å². The van der Waals surface area contributed by atoms with Crippen LogP contribution in [-0.4, -0.2) is 30.6 Å². The molecule has 0 radical (unpaired) electrons. The molecule has 3 nitrogen and oxygen atoms in total. The molecule has 1 aromatic heterocycles. The number of anilines is 1. The number of pyridine rings is 1. The maximum Gasteiger partial charge on any atom is 0.141 e. The van der Waals surface area contributed by atoms with E-state index < -0.39 is 0 Å². The molecule has 0 amide bonds. The van der Waals surface area contributed by atoms with E-state index in [-0.39, 0.29) is 5.82 Å². The van der Waals surface area contributed by atoms with Crippen LogP contribution >= 0.6 is 11.6 Å². The van der Waals surface area contributed by atoms with E-state index in [2.05, 4.69) is 10.3 Å². The van der Waals surface area contributed by atoms with Crippen LogP contribution in [-0.2, 0) is 4.74 Å². The number of ether oxygens (including phenoxy) is 1. The number of rotatable bonds is 7. The Balaban J connectivity index is 2.07. The minimum atomic E-state index is -0.328. The number of nitrogens with zero attached hydrogens (tertiary/aromatic N) is 1. The van der Waals surface area contributed by atoms with Crippen molar-refractivity contribution >= 4 is 17.4 Å². The van der Waals surface area contributed by atoms with Gasteiger partial charge in [0.15, 0.2) is 0 Å². The van der Waals surface area contributed by atoms with Crippen LogP contribution in [0.3, 0.4) is 0 Å². The van der Waals surface area contributed by atoms with Crippen LogP contribution in [0.2, 0.25) is 0 Å². The number of halogens is 2. The van der Waals surface area contributed by atoms with Gasteiger partial charge in [0.05, 0.1) is 12.8 Å². The second kappa shape index (κ2) is 7.43. The molecule has 1 rings (SSSR count). The highest BCUT2D eigenvalue weighted by molar-refractivity contribution is 6.17. The molecule has 0 aliphatic rings. The van der Waals surface area contributed by atoms with Crippen molar-refractivity contribution in [1.82, 2.24) is 4.98 Å². The number of aromatic nitrogens is 1. The number of hydrogen-bond donors (Lipinski definition) is 1. The van der Waals surface area contributed by atoms with Crippen molar-refractivity contribution < 1.29 is 9.13 Å². The van der Waals surface area contributed by atoms with E-state index in [0.717, 1.165) is 13.0 Å². The van der Waals surface area contributed by atoms with Gasteiger partial charge in [-0.05, 0) is 18.6 Å². The van der Waals surface area contributed by atoms with Gasteiger partial charge in [-0.2, -0.15) is 0 Å². The molecular formula is C10H14ClFN2O. The molecule has 0 aliphatic heterocycles. The SMILES string of the molecule is Fc1ccc(NCCCOCCCl)nc1. The van der Waals surface area contributed by atoms with Crippen molar-refractivity contribution in [2.24, 2.45) is 0 Å². The third-order valence-electron chi connectivity index (χ3n) is 1.72. The summed E-state index contributed by atoms with van der Waals surface area (Å²) in [5.41, 5.74) is 0. The summed E-state index contributed by atoms with van der Waals surface area (Å²) in [7, 11) is 0. The molecule has 0 saturated carbocycles. The van der Waals surface area contributed by atoms with Crippen molar-refractivity contribution in [2.75, 3.05) is 31.0 Å². The summed E-state index contributed by atoms with van der Waals surface area (Å²) >= 11 is 5.44. The van der Waals surface area contributed by atoms with E-state index >= 15 is 0 Å². The molecule has 0 unspecified atom stereocenters. The summed E-state index contributed by atoms with van der Waals surface area (Å²) < 4.78 is 17.7. The smallest absolute Gasteiger partial charge is 0.141 e. The predicted molar refractivity (Wildman–Crippen MR) is 58.8 cm³/mol. The van der Waals surface area contributed by atoms with Gasteiger partial charge in [-0.3, -0.25) is 0 Å². The quantitative estimate of drug-likeness (QED) is 0.579. The van der Waals surface area contributed by atoms with E-state index in [1.165, 1.54) is 12.3 Å². The summed E-state index contributed by atoms with van der Waals surface area (Å²) in [5.74, 6) is 0.868. The zero-order valence-corrected chi connectivity index (χ0v) is 9.13. The highest BCUT2D eigenvalue weighted by atomic mass is 35.5. The summed E-state index contributed by atoms with van der Waals surface area (Å²) in [6, 6.07) is 2.98. The van der Waals surface area contributed by atoms with E-state index in [4.69, 9.17) is 16.3 Å². The largest absolute Gasteiger partial charge is 0.380 e. The lowest BCUT2D eigenvalue weighted by atomic mass is 10.4. The first-order chi connectivity index (χ1) is 7.33. The Bertz CT molecular complexity index is 269. The zero-order valence-electron chi connectivity index (χ0n) is 8.38. The summed E-state index contributed by atoms with van der Waals surface area (Å²) in [6.45, 7) is 2.00. The first-order valence-corrected chi connectivity index (χ1v) is 5.35. The van der Waals surface area contributed by atoms with Crippen molar-refractivity contribution in [3.05, 3.63) is 24.1 Å². The molecule has 0 aliphatic carbocycles. The van der Waals surface area contributed by atoms with Crippen LogP contribution < -0.4 is 5.32 Å². The summed E-state index contributed by atoms with van der Waals surface area (Å²) in [6.07, 6.45) is 2.06. The Morgan fingerprint density at radius 3 is 2.93 bits per heavy atom. The number of nitrogens with one attached hydrogen (secondary N) is 1. The molecule has 0 saturated heterocycles. The fourth-order valence-electron chi connectivity index (χ4n) is 1.03. The summed E-state index contributed by atoms with van der Waals surface area (Å²) in [4.78, 5) is 3.86. The van der Waals surface area contributed by atoms with Gasteiger partial charge in [-0.25, -0.2) is 9.37 Å². The topological polar surface area (TPSA) is 34.1 Å². The van der Waals surface area contributed by atoms with E-state index in [0.29, 0.717) is 24.9 Å². The van der Waals surface area contributed by atoms with Crippen molar-refractivity contribution in [3.8, 4) is 0 Å². The van der Waals surface area contributed by atoms with E-state index in [1.807, 2.05) is 0 Å². The molecule has 0 spiro atoms. The first kappa shape index (κ1) is 12.2. The van der Waals surface area contributed by atoms with Crippen molar-refractivity contribution in [1.29, 1.82) is 0 Å². The Hall–Kier alpha value is -0.870. The van der Waals surface area contributed by atoms with Gasteiger partial charge in [0.1, 0.15) is 11.6 Å². The van der Waals surface area contributed by atoms with Gasteiger partial charge in [0.2, 0.25) is 0 Å². The maximum atomic E-state index is 12.5. The van der Waals surface area contributed by atoms with Gasteiger partial charge in [-0.1, -0.05) is 0 Å². The zero-order chi connectivity index (χ0) is 10.9. The molecule has 84 valence electrons. The van der Waals surface area contributed by atoms with Crippen LogP contribution in [0.1, 0.15) is 6.42 Å². The average Bonchev–Trinajstić information content (AvgIpc) is 2.26. The summed E-state index contributed by atoms with van der Waals surface area (Å²) in [5, 5.41) is 3.06. The van der Waals surface area contributed by atoms with Gasteiger partial charge in [0, 0.05) is 19.0 Å². The van der Waals surface area contributed by atoms with Gasteiger partial charge in [-0.15, -0.1) is 11.6 Å². The third-order valence-corrected chi connectivity index (χ3v) is 1.87. The van der Waals surface area contributed by atoms with Crippen LogP contribution in [0.4, 0.5) is 10.2 Å². The fraction of sp³-hybridized carbons (Fsp3) is 0.500. The molecule has 1 aromatic rings. The van der Waals surface area contributed by atoms with Gasteiger partial charge >= 0.3 is 0 Å². The lowest BCUT2D eigenvalue weighted by Crippen LogP contribution is -2.07. The molecule has 15 heavy (non-hydrogen) atoms. The fourth-order valence-corrected chi connectivity index (χ4v) is 1.14. The third kappa shape index (κ3) is 5.54. The second-order valence-electron chi connectivity index (χ2n) is 2.94. The lowest BCUT2D eigenvalue weighted by Gasteiger charge is -2.05. The molecule has 5 heteroatoms. The number of hydrogen-bond acceptors (Lipinski definition) is 3. The maximum absolute atomic E-state index is 12.5. The molecule has 0 fully saturated rings. The Labute approximate surface area is 93.6 Å². The molecule has 1 N–H and O–H groups in total. The highest BCUT2D eigenvalue weighted by Crippen LogP contribution is 2.02. The molecule has 0 atom stereocenters. The average molecular weight is 233 g/mol. The minimum Gasteiger partial charge on any atom is -0.380 e. The van der Waals surface area contributed by atoms with Crippen LogP contribution in [0.5, 0.6) is 0 Å².